The summed E-state index contributed by atoms with van der Waals surface area (Å²) in [4.78, 5) is 24.5. The predicted molar refractivity (Wildman–Crippen MR) is 278 cm³/mol. The molecule has 0 radical (unpaired) electrons. The molecule has 0 spiro atoms. The van der Waals surface area contributed by atoms with E-state index in [0.717, 1.165) is 38.5 Å². The van der Waals surface area contributed by atoms with Gasteiger partial charge in [0.15, 0.2) is 0 Å². The van der Waals surface area contributed by atoms with Crippen molar-refractivity contribution in [2.75, 3.05) is 13.2 Å². The molecule has 0 aromatic rings. The molecule has 0 aliphatic carbocycles. The third-order valence-electron chi connectivity index (χ3n) is 13.9. The van der Waals surface area contributed by atoms with Crippen LogP contribution in [-0.4, -0.2) is 47.4 Å². The Morgan fingerprint density at radius 3 is 0.953 bits per heavy atom. The van der Waals surface area contributed by atoms with Gasteiger partial charge in [0, 0.05) is 12.8 Å². The van der Waals surface area contributed by atoms with Crippen LogP contribution in [0, 0.1) is 0 Å². The molecule has 0 rings (SSSR count). The van der Waals surface area contributed by atoms with Crippen molar-refractivity contribution in [3.05, 3.63) is 0 Å². The summed E-state index contributed by atoms with van der Waals surface area (Å²) in [6, 6.07) is -0.544. The maximum atomic E-state index is 12.4. The largest absolute Gasteiger partial charge is 0.466 e. The van der Waals surface area contributed by atoms with Crippen LogP contribution in [0.4, 0.5) is 0 Å². The highest BCUT2D eigenvalue weighted by atomic mass is 16.5. The second kappa shape index (κ2) is 54.5. The Balaban J connectivity index is 3.36. The fourth-order valence-corrected chi connectivity index (χ4v) is 9.41. The number of hydrogen-bond acceptors (Lipinski definition) is 5. The van der Waals surface area contributed by atoms with Crippen molar-refractivity contribution in [1.29, 1.82) is 0 Å². The quantitative estimate of drug-likeness (QED) is 0.0417. The highest BCUT2D eigenvalue weighted by Gasteiger charge is 2.20. The molecule has 0 saturated carbocycles. The Morgan fingerprint density at radius 2 is 0.641 bits per heavy atom. The molecular weight excluding hydrogens is 791 g/mol. The average molecular weight is 907 g/mol. The van der Waals surface area contributed by atoms with E-state index in [2.05, 4.69) is 19.2 Å². The zero-order valence-corrected chi connectivity index (χ0v) is 43.5. The first-order valence-electron chi connectivity index (χ1n) is 29.3. The van der Waals surface area contributed by atoms with Gasteiger partial charge in [-0.3, -0.25) is 9.59 Å². The summed E-state index contributed by atoms with van der Waals surface area (Å²) in [6.45, 7) is 4.96. The predicted octanol–water partition coefficient (Wildman–Crippen LogP) is 17.9. The molecule has 0 bridgehead atoms. The second-order valence-electron chi connectivity index (χ2n) is 20.3. The summed E-state index contributed by atoms with van der Waals surface area (Å²) in [5.74, 6) is -0.0314. The number of esters is 1. The summed E-state index contributed by atoms with van der Waals surface area (Å²) in [5, 5.41) is 23.2. The average Bonchev–Trinajstić information content (AvgIpc) is 3.29. The topological polar surface area (TPSA) is 95.9 Å². The van der Waals surface area contributed by atoms with Gasteiger partial charge in [0.2, 0.25) is 5.91 Å². The minimum atomic E-state index is -0.666. The van der Waals surface area contributed by atoms with Crippen LogP contribution in [-0.2, 0) is 14.3 Å². The molecule has 382 valence electrons. The monoisotopic (exact) mass is 906 g/mol. The van der Waals surface area contributed by atoms with E-state index in [1.807, 2.05) is 0 Å². The maximum absolute atomic E-state index is 12.4. The number of ether oxygens (including phenoxy) is 1. The Bertz CT molecular complexity index is 913. The normalized spacial score (nSPS) is 12.5. The van der Waals surface area contributed by atoms with Gasteiger partial charge in [0.25, 0.3) is 0 Å². The third-order valence-corrected chi connectivity index (χ3v) is 13.9. The van der Waals surface area contributed by atoms with Crippen molar-refractivity contribution in [2.45, 2.75) is 347 Å². The van der Waals surface area contributed by atoms with Crippen LogP contribution < -0.4 is 5.32 Å². The molecule has 6 nitrogen and oxygen atoms in total. The standard InChI is InChI=1S/C58H115NO5/c1-3-5-7-9-11-13-15-17-18-19-20-21-25-28-32-36-40-44-48-52-58(63)64-53-49-45-41-37-33-29-26-23-22-24-27-31-35-39-43-47-51-57(62)59-55(54-60)56(61)50-46-42-38-34-30-16-14-12-10-8-6-4-2/h55-56,60-61H,3-54H2,1-2H3,(H,59,62). The number of aliphatic hydroxyl groups is 2. The van der Waals surface area contributed by atoms with E-state index in [-0.39, 0.29) is 18.5 Å². The molecular formula is C58H115NO5. The van der Waals surface area contributed by atoms with Crippen LogP contribution in [0.3, 0.4) is 0 Å². The van der Waals surface area contributed by atoms with E-state index in [1.165, 1.54) is 263 Å². The van der Waals surface area contributed by atoms with Gasteiger partial charge in [-0.1, -0.05) is 296 Å². The molecule has 0 heterocycles. The molecule has 64 heavy (non-hydrogen) atoms. The zero-order valence-electron chi connectivity index (χ0n) is 43.5. The first kappa shape index (κ1) is 62.9. The van der Waals surface area contributed by atoms with E-state index < -0.39 is 12.1 Å². The summed E-state index contributed by atoms with van der Waals surface area (Å²) in [7, 11) is 0. The lowest BCUT2D eigenvalue weighted by Crippen LogP contribution is -2.45. The first-order valence-corrected chi connectivity index (χ1v) is 29.3. The lowest BCUT2D eigenvalue weighted by atomic mass is 10.0. The molecule has 2 unspecified atom stereocenters. The van der Waals surface area contributed by atoms with Crippen LogP contribution >= 0.6 is 0 Å². The fraction of sp³-hybridized carbons (Fsp3) is 0.966. The summed E-state index contributed by atoms with van der Waals surface area (Å²) in [6.07, 6.45) is 62.4. The van der Waals surface area contributed by atoms with Gasteiger partial charge in [-0.2, -0.15) is 0 Å². The van der Waals surface area contributed by atoms with E-state index in [1.54, 1.807) is 0 Å². The van der Waals surface area contributed by atoms with Crippen LogP contribution in [0.1, 0.15) is 335 Å². The Labute approximate surface area is 400 Å². The van der Waals surface area contributed by atoms with Crippen molar-refractivity contribution in [1.82, 2.24) is 5.32 Å². The molecule has 0 aromatic heterocycles. The Morgan fingerprint density at radius 1 is 0.375 bits per heavy atom. The summed E-state index contributed by atoms with van der Waals surface area (Å²) < 4.78 is 5.49. The molecule has 2 atom stereocenters. The zero-order chi connectivity index (χ0) is 46.5. The third kappa shape index (κ3) is 50.3. The summed E-state index contributed by atoms with van der Waals surface area (Å²) >= 11 is 0. The van der Waals surface area contributed by atoms with Crippen LogP contribution in [0.25, 0.3) is 0 Å². The van der Waals surface area contributed by atoms with Crippen molar-refractivity contribution >= 4 is 11.9 Å². The van der Waals surface area contributed by atoms with E-state index in [0.29, 0.717) is 25.9 Å². The van der Waals surface area contributed by atoms with Crippen molar-refractivity contribution in [3.8, 4) is 0 Å². The number of carbonyl (C=O) groups is 2. The Kier molecular flexibility index (Phi) is 53.5. The Hall–Kier alpha value is -1.14. The SMILES string of the molecule is CCCCCCCCCCCCCCCCCCCCCC(=O)OCCCCCCCCCCCCCCCCCCC(=O)NC(CO)C(O)CCCCCCCCCCCCCC. The lowest BCUT2D eigenvalue weighted by molar-refractivity contribution is -0.143. The van der Waals surface area contributed by atoms with Gasteiger partial charge in [0.1, 0.15) is 0 Å². The molecule has 0 saturated heterocycles. The van der Waals surface area contributed by atoms with Crippen molar-refractivity contribution < 1.29 is 24.5 Å². The number of amides is 1. The van der Waals surface area contributed by atoms with Crippen LogP contribution in [0.15, 0.2) is 0 Å². The van der Waals surface area contributed by atoms with Crippen LogP contribution in [0.2, 0.25) is 0 Å². The fourth-order valence-electron chi connectivity index (χ4n) is 9.41. The number of carbonyl (C=O) groups excluding carboxylic acids is 2. The summed E-state index contributed by atoms with van der Waals surface area (Å²) in [5.41, 5.74) is 0. The minimum absolute atomic E-state index is 0.00876. The first-order chi connectivity index (χ1) is 31.5. The smallest absolute Gasteiger partial charge is 0.305 e. The van der Waals surface area contributed by atoms with Crippen molar-refractivity contribution in [3.63, 3.8) is 0 Å². The van der Waals surface area contributed by atoms with E-state index >= 15 is 0 Å². The number of unbranched alkanes of at least 4 members (excludes halogenated alkanes) is 44. The molecule has 0 aromatic carbocycles. The molecule has 1 amide bonds. The molecule has 3 N–H and O–H groups in total. The van der Waals surface area contributed by atoms with Gasteiger partial charge in [-0.05, 0) is 25.7 Å². The van der Waals surface area contributed by atoms with Gasteiger partial charge in [0.05, 0.1) is 25.4 Å². The number of nitrogens with one attached hydrogen (secondary N) is 1. The second-order valence-corrected chi connectivity index (χ2v) is 20.3. The van der Waals surface area contributed by atoms with Gasteiger partial charge in [-0.15, -0.1) is 0 Å². The van der Waals surface area contributed by atoms with Gasteiger partial charge >= 0.3 is 5.97 Å². The number of rotatable bonds is 55. The van der Waals surface area contributed by atoms with Crippen LogP contribution in [0.5, 0.6) is 0 Å². The molecule has 0 aliphatic rings. The molecule has 0 fully saturated rings. The highest BCUT2D eigenvalue weighted by molar-refractivity contribution is 5.76. The lowest BCUT2D eigenvalue weighted by Gasteiger charge is -2.22. The van der Waals surface area contributed by atoms with Crippen molar-refractivity contribution in [2.24, 2.45) is 0 Å². The maximum Gasteiger partial charge on any atom is 0.305 e. The number of hydrogen-bond donors (Lipinski definition) is 3. The van der Waals surface area contributed by atoms with Gasteiger partial charge < -0.3 is 20.3 Å². The van der Waals surface area contributed by atoms with E-state index in [9.17, 15) is 19.8 Å². The van der Waals surface area contributed by atoms with Gasteiger partial charge in [-0.25, -0.2) is 0 Å². The minimum Gasteiger partial charge on any atom is -0.466 e. The highest BCUT2D eigenvalue weighted by Crippen LogP contribution is 2.18. The van der Waals surface area contributed by atoms with E-state index in [4.69, 9.17) is 4.74 Å². The molecule has 0 aliphatic heterocycles. The number of aliphatic hydroxyl groups excluding tert-OH is 2. The molecule has 6 heteroatoms.